The number of nitrogens with one attached hydrogen (secondary N) is 4. The molecule has 0 unspecified atom stereocenters. The van der Waals surface area contributed by atoms with E-state index in [9.17, 15) is 23.6 Å². The van der Waals surface area contributed by atoms with Gasteiger partial charge in [0.2, 0.25) is 0 Å². The standard InChI is InChI=1S/C21H27FN2O3.C18H30N2O3/c1-27-20(25)18(11-12-3-2-4-17(22)10-12)23-21(26)24-19-15-6-13-5-14(8-15)9-16(19)7-13;1-4-10(2)15(17(21)23-3)19-18(22)20-16-13-6-11-5-12(8-13)9-14(16)7-11/h2-4,10,13-16,18-19H,5-9,11H2,1H3,(H2,23,24,26);10-16H,4-9H2,1-3H3,(H2,19,20,22)/t13?,14?,15?,16?,18-,19?;10-,11?,12?,13?,14?,15-,16?/m10/s1. The van der Waals surface area contributed by atoms with Crippen LogP contribution in [0.25, 0.3) is 0 Å². The number of amides is 4. The van der Waals surface area contributed by atoms with E-state index in [-0.39, 0.29) is 48.3 Å². The zero-order chi connectivity index (χ0) is 35.5. The fourth-order valence-corrected chi connectivity index (χ4v) is 11.0. The molecule has 1 aromatic carbocycles. The van der Waals surface area contributed by atoms with Crippen LogP contribution >= 0.6 is 0 Å². The topological polar surface area (TPSA) is 135 Å². The molecule has 0 spiro atoms. The monoisotopic (exact) mass is 696 g/mol. The van der Waals surface area contributed by atoms with E-state index in [4.69, 9.17) is 9.47 Å². The lowest BCUT2D eigenvalue weighted by Crippen LogP contribution is -2.59. The molecule has 3 atom stereocenters. The Bertz CT molecular complexity index is 1330. The summed E-state index contributed by atoms with van der Waals surface area (Å²) in [6.07, 6.45) is 13.7. The van der Waals surface area contributed by atoms with Crippen molar-refractivity contribution in [2.24, 2.45) is 53.3 Å². The van der Waals surface area contributed by atoms with Gasteiger partial charge in [-0.25, -0.2) is 23.6 Å². The molecular weight excluding hydrogens is 639 g/mol. The third-order valence-corrected chi connectivity index (χ3v) is 13.1. The first kappa shape index (κ1) is 36.4. The van der Waals surface area contributed by atoms with Gasteiger partial charge in [0.25, 0.3) is 0 Å². The van der Waals surface area contributed by atoms with Crippen molar-refractivity contribution in [2.45, 2.75) is 115 Å². The highest BCUT2D eigenvalue weighted by Crippen LogP contribution is 2.54. The second kappa shape index (κ2) is 15.9. The normalized spacial score (nSPS) is 34.3. The molecular formula is C39H57FN4O6. The van der Waals surface area contributed by atoms with Crippen LogP contribution in [0.15, 0.2) is 24.3 Å². The number of urea groups is 2. The van der Waals surface area contributed by atoms with Crippen molar-refractivity contribution in [3.8, 4) is 0 Å². The number of halogens is 1. The van der Waals surface area contributed by atoms with Crippen LogP contribution in [0.4, 0.5) is 14.0 Å². The Hall–Kier alpha value is -3.37. The van der Waals surface area contributed by atoms with Gasteiger partial charge in [-0.3, -0.25) is 0 Å². The molecule has 8 saturated carbocycles. The number of ether oxygens (including phenoxy) is 2. The number of rotatable bonds is 10. The van der Waals surface area contributed by atoms with Gasteiger partial charge in [0, 0.05) is 18.5 Å². The first-order valence-corrected chi connectivity index (χ1v) is 19.1. The Morgan fingerprint density at radius 2 is 1.18 bits per heavy atom. The molecule has 0 saturated heterocycles. The van der Waals surface area contributed by atoms with Crippen molar-refractivity contribution in [1.82, 2.24) is 21.3 Å². The molecule has 0 radical (unpaired) electrons. The first-order chi connectivity index (χ1) is 24.0. The predicted molar refractivity (Wildman–Crippen MR) is 186 cm³/mol. The Morgan fingerprint density at radius 1 is 0.720 bits per heavy atom. The third-order valence-electron chi connectivity index (χ3n) is 13.1. The summed E-state index contributed by atoms with van der Waals surface area (Å²) < 4.78 is 23.1. The summed E-state index contributed by atoms with van der Waals surface area (Å²) in [7, 11) is 2.66. The van der Waals surface area contributed by atoms with Gasteiger partial charge >= 0.3 is 24.0 Å². The average Bonchev–Trinajstić information content (AvgIpc) is 3.08. The predicted octanol–water partition coefficient (Wildman–Crippen LogP) is 5.73. The van der Waals surface area contributed by atoms with Crippen LogP contribution in [0, 0.1) is 59.1 Å². The van der Waals surface area contributed by atoms with Crippen LogP contribution in [0.2, 0.25) is 0 Å². The number of methoxy groups -OCH3 is 2. The van der Waals surface area contributed by atoms with E-state index in [0.29, 0.717) is 29.2 Å². The number of carbonyl (C=O) groups excluding carboxylic acids is 4. The van der Waals surface area contributed by atoms with Crippen molar-refractivity contribution in [2.75, 3.05) is 14.2 Å². The van der Waals surface area contributed by atoms with E-state index in [0.717, 1.165) is 30.1 Å². The molecule has 8 aliphatic carbocycles. The minimum Gasteiger partial charge on any atom is -0.467 e. The summed E-state index contributed by atoms with van der Waals surface area (Å²) in [5.41, 5.74) is 0.639. The average molecular weight is 697 g/mol. The number of benzene rings is 1. The zero-order valence-electron chi connectivity index (χ0n) is 30.1. The highest BCUT2D eigenvalue weighted by molar-refractivity contribution is 5.84. The van der Waals surface area contributed by atoms with Gasteiger partial charge in [-0.15, -0.1) is 0 Å². The van der Waals surface area contributed by atoms with Crippen molar-refractivity contribution in [3.63, 3.8) is 0 Å². The number of hydrogen-bond donors (Lipinski definition) is 4. The molecule has 9 rings (SSSR count). The fourth-order valence-electron chi connectivity index (χ4n) is 11.0. The van der Waals surface area contributed by atoms with Crippen molar-refractivity contribution in [3.05, 3.63) is 35.6 Å². The summed E-state index contributed by atoms with van der Waals surface area (Å²) in [6, 6.07) is 4.58. The maximum atomic E-state index is 13.4. The van der Waals surface area contributed by atoms with Crippen LogP contribution in [-0.4, -0.2) is 62.4 Å². The number of hydrogen-bond acceptors (Lipinski definition) is 6. The molecule has 0 aromatic heterocycles. The molecule has 8 fully saturated rings. The summed E-state index contributed by atoms with van der Waals surface area (Å²) in [5.74, 6) is 4.66. The molecule has 50 heavy (non-hydrogen) atoms. The molecule has 4 amide bonds. The Labute approximate surface area is 296 Å². The van der Waals surface area contributed by atoms with Crippen molar-refractivity contribution < 1.29 is 33.0 Å². The van der Waals surface area contributed by atoms with Gasteiger partial charge in [0.05, 0.1) is 14.2 Å². The van der Waals surface area contributed by atoms with Crippen LogP contribution in [0.3, 0.4) is 0 Å². The molecule has 1 aromatic rings. The lowest BCUT2D eigenvalue weighted by Gasteiger charge is -2.54. The van der Waals surface area contributed by atoms with Gasteiger partial charge in [-0.2, -0.15) is 0 Å². The van der Waals surface area contributed by atoms with Crippen molar-refractivity contribution >= 4 is 24.0 Å². The minimum atomic E-state index is -0.839. The van der Waals surface area contributed by atoms with Gasteiger partial charge in [0.15, 0.2) is 0 Å². The Morgan fingerprint density at radius 3 is 1.60 bits per heavy atom. The first-order valence-electron chi connectivity index (χ1n) is 19.1. The Balaban J connectivity index is 0.000000175. The summed E-state index contributed by atoms with van der Waals surface area (Å²) in [4.78, 5) is 49.1. The van der Waals surface area contributed by atoms with E-state index in [1.54, 1.807) is 12.1 Å². The van der Waals surface area contributed by atoms with E-state index < -0.39 is 18.1 Å². The van der Waals surface area contributed by atoms with E-state index in [2.05, 4.69) is 21.3 Å². The third kappa shape index (κ3) is 8.39. The zero-order valence-corrected chi connectivity index (χ0v) is 30.1. The second-order valence-electron chi connectivity index (χ2n) is 16.4. The minimum absolute atomic E-state index is 0.0618. The largest absolute Gasteiger partial charge is 0.467 e. The van der Waals surface area contributed by atoms with E-state index >= 15 is 0 Å². The van der Waals surface area contributed by atoms with E-state index in [1.807, 2.05) is 13.8 Å². The molecule has 0 aliphatic heterocycles. The van der Waals surface area contributed by atoms with Gasteiger partial charge < -0.3 is 30.7 Å². The van der Waals surface area contributed by atoms with Crippen LogP contribution in [0.5, 0.6) is 0 Å². The molecule has 4 N–H and O–H groups in total. The highest BCUT2D eigenvalue weighted by Gasteiger charge is 2.50. The maximum absolute atomic E-state index is 13.4. The second-order valence-corrected chi connectivity index (χ2v) is 16.4. The number of carbonyl (C=O) groups is 4. The highest BCUT2D eigenvalue weighted by atomic mass is 19.1. The molecule has 276 valence electrons. The smallest absolute Gasteiger partial charge is 0.328 e. The fraction of sp³-hybridized carbons (Fsp3) is 0.744. The van der Waals surface area contributed by atoms with Crippen LogP contribution in [-0.2, 0) is 25.5 Å². The SMILES string of the molecule is CC[C@H](C)[C@H](NC(=O)NC1C2CC3CC(C2)CC1C3)C(=O)OC.COC(=O)[C@@H](Cc1cccc(F)c1)NC(=O)NC1C2CC3CC(C2)CC1C3. The van der Waals surface area contributed by atoms with Crippen molar-refractivity contribution in [1.29, 1.82) is 0 Å². The quantitative estimate of drug-likeness (QED) is 0.231. The molecule has 0 heterocycles. The summed E-state index contributed by atoms with van der Waals surface area (Å²) in [5, 5.41) is 11.9. The lowest BCUT2D eigenvalue weighted by atomic mass is 9.54. The maximum Gasteiger partial charge on any atom is 0.328 e. The van der Waals surface area contributed by atoms with Gasteiger partial charge in [-0.05, 0) is 135 Å². The van der Waals surface area contributed by atoms with Gasteiger partial charge in [-0.1, -0.05) is 32.4 Å². The molecule has 8 bridgehead atoms. The molecule has 10 nitrogen and oxygen atoms in total. The number of esters is 2. The van der Waals surface area contributed by atoms with Crippen LogP contribution < -0.4 is 21.3 Å². The Kier molecular flexibility index (Phi) is 11.6. The van der Waals surface area contributed by atoms with Crippen LogP contribution in [0.1, 0.15) is 90.0 Å². The van der Waals surface area contributed by atoms with E-state index in [1.165, 1.54) is 90.6 Å². The lowest BCUT2D eigenvalue weighted by molar-refractivity contribution is -0.144. The van der Waals surface area contributed by atoms with Gasteiger partial charge in [0.1, 0.15) is 17.9 Å². The molecule has 11 heteroatoms. The summed E-state index contributed by atoms with van der Waals surface area (Å²) >= 11 is 0. The molecule has 8 aliphatic rings. The summed E-state index contributed by atoms with van der Waals surface area (Å²) in [6.45, 7) is 3.97.